The number of piperidine rings is 1. The Kier molecular flexibility index (Phi) is 4.28. The molecule has 2 aliphatic heterocycles. The fraction of sp³-hybridized carbons (Fsp3) is 0.929. The van der Waals surface area contributed by atoms with Gasteiger partial charge in [-0.15, -0.1) is 0 Å². The summed E-state index contributed by atoms with van der Waals surface area (Å²) in [5, 5.41) is 15.6. The molecule has 0 spiro atoms. The molecule has 104 valence electrons. The Balaban J connectivity index is 1.77. The van der Waals surface area contributed by atoms with E-state index in [0.717, 1.165) is 12.8 Å². The average Bonchev–Trinajstić information content (AvgIpc) is 2.56. The normalized spacial score (nSPS) is 31.4. The predicted molar refractivity (Wildman–Crippen MR) is 71.2 cm³/mol. The van der Waals surface area contributed by atoms with Crippen LogP contribution >= 0.6 is 0 Å². The van der Waals surface area contributed by atoms with Crippen molar-refractivity contribution in [1.29, 1.82) is 0 Å². The molecule has 18 heavy (non-hydrogen) atoms. The first-order valence-corrected chi connectivity index (χ1v) is 7.16. The number of aliphatic hydroxyl groups excluding tert-OH is 1. The summed E-state index contributed by atoms with van der Waals surface area (Å²) < 4.78 is 0. The van der Waals surface area contributed by atoms with E-state index in [1.807, 2.05) is 13.8 Å². The fourth-order valence-electron chi connectivity index (χ4n) is 3.37. The minimum Gasteiger partial charge on any atom is -0.396 e. The highest BCUT2D eigenvalue weighted by Gasteiger charge is 2.34. The minimum absolute atomic E-state index is 0.116. The quantitative estimate of drug-likeness (QED) is 0.690. The van der Waals surface area contributed by atoms with Crippen molar-refractivity contribution in [1.82, 2.24) is 10.6 Å². The van der Waals surface area contributed by atoms with E-state index in [9.17, 15) is 4.79 Å². The lowest BCUT2D eigenvalue weighted by Gasteiger charge is -2.30. The van der Waals surface area contributed by atoms with Gasteiger partial charge in [-0.1, -0.05) is 0 Å². The van der Waals surface area contributed by atoms with Crippen LogP contribution in [-0.2, 0) is 4.79 Å². The molecule has 2 rings (SSSR count). The molecule has 0 aromatic rings. The summed E-state index contributed by atoms with van der Waals surface area (Å²) in [4.78, 5) is 12.0. The van der Waals surface area contributed by atoms with Crippen LogP contribution in [0.25, 0.3) is 0 Å². The Morgan fingerprint density at radius 3 is 2.50 bits per heavy atom. The summed E-state index contributed by atoms with van der Waals surface area (Å²) in [6.45, 7) is 4.05. The first-order valence-electron chi connectivity index (χ1n) is 7.16. The molecule has 2 bridgehead atoms. The zero-order chi connectivity index (χ0) is 13.2. The third-order valence-electron chi connectivity index (χ3n) is 4.26. The predicted octanol–water partition coefficient (Wildman–Crippen LogP) is 1.18. The molecule has 1 amide bonds. The van der Waals surface area contributed by atoms with Crippen molar-refractivity contribution in [3.05, 3.63) is 0 Å². The number of hydrogen-bond donors (Lipinski definition) is 3. The number of hydrogen-bond acceptors (Lipinski definition) is 3. The second kappa shape index (κ2) is 5.57. The highest BCUT2D eigenvalue weighted by molar-refractivity contribution is 5.77. The van der Waals surface area contributed by atoms with Crippen LogP contribution in [-0.4, -0.2) is 35.2 Å². The molecule has 0 saturated carbocycles. The van der Waals surface area contributed by atoms with Crippen LogP contribution in [0.2, 0.25) is 0 Å². The van der Waals surface area contributed by atoms with E-state index in [1.165, 1.54) is 12.8 Å². The minimum atomic E-state index is -0.294. The zero-order valence-corrected chi connectivity index (χ0v) is 11.5. The van der Waals surface area contributed by atoms with Gasteiger partial charge in [0.1, 0.15) is 0 Å². The van der Waals surface area contributed by atoms with Crippen LogP contribution in [0.5, 0.6) is 0 Å². The smallest absolute Gasteiger partial charge is 0.220 e. The zero-order valence-electron chi connectivity index (χ0n) is 11.5. The third kappa shape index (κ3) is 3.69. The first-order chi connectivity index (χ1) is 8.48. The Labute approximate surface area is 110 Å². The summed E-state index contributed by atoms with van der Waals surface area (Å²) in [6.07, 6.45) is 6.09. The maximum atomic E-state index is 12.0. The molecule has 2 unspecified atom stereocenters. The molecule has 0 aromatic heterocycles. The van der Waals surface area contributed by atoms with Crippen molar-refractivity contribution in [2.45, 2.75) is 70.0 Å². The van der Waals surface area contributed by atoms with Gasteiger partial charge in [-0.2, -0.15) is 0 Å². The van der Waals surface area contributed by atoms with Gasteiger partial charge in [0.2, 0.25) is 5.91 Å². The van der Waals surface area contributed by atoms with Crippen LogP contribution in [0, 0.1) is 5.92 Å². The fourth-order valence-corrected chi connectivity index (χ4v) is 3.37. The monoisotopic (exact) mass is 254 g/mol. The van der Waals surface area contributed by atoms with Gasteiger partial charge in [0, 0.05) is 30.7 Å². The summed E-state index contributed by atoms with van der Waals surface area (Å²) in [5.41, 5.74) is -0.294. The largest absolute Gasteiger partial charge is 0.396 e. The average molecular weight is 254 g/mol. The van der Waals surface area contributed by atoms with Crippen molar-refractivity contribution in [3.8, 4) is 0 Å². The number of nitrogens with one attached hydrogen (secondary N) is 2. The summed E-state index contributed by atoms with van der Waals surface area (Å²) in [6, 6.07) is 1.29. The van der Waals surface area contributed by atoms with Crippen LogP contribution in [0.3, 0.4) is 0 Å². The van der Waals surface area contributed by atoms with Crippen molar-refractivity contribution in [2.24, 2.45) is 5.92 Å². The van der Waals surface area contributed by atoms with Gasteiger partial charge in [0.25, 0.3) is 0 Å². The van der Waals surface area contributed by atoms with E-state index >= 15 is 0 Å². The molecule has 4 heteroatoms. The molecule has 2 atom stereocenters. The van der Waals surface area contributed by atoms with Gasteiger partial charge in [-0.3, -0.25) is 4.79 Å². The van der Waals surface area contributed by atoms with E-state index in [4.69, 9.17) is 5.11 Å². The SMILES string of the molecule is CC(C)(CCO)NC(=O)CC1CC2CCC(C1)N2. The Hall–Kier alpha value is -0.610. The van der Waals surface area contributed by atoms with Crippen LogP contribution in [0.1, 0.15) is 52.4 Å². The lowest BCUT2D eigenvalue weighted by molar-refractivity contribution is -0.124. The van der Waals surface area contributed by atoms with Gasteiger partial charge >= 0.3 is 0 Å². The lowest BCUT2D eigenvalue weighted by Crippen LogP contribution is -2.46. The molecule has 0 radical (unpaired) electrons. The highest BCUT2D eigenvalue weighted by atomic mass is 16.3. The lowest BCUT2D eigenvalue weighted by atomic mass is 9.89. The number of carbonyl (C=O) groups is 1. The molecule has 0 aliphatic carbocycles. The van der Waals surface area contributed by atoms with E-state index in [-0.39, 0.29) is 18.1 Å². The number of aliphatic hydroxyl groups is 1. The summed E-state index contributed by atoms with van der Waals surface area (Å²) >= 11 is 0. The van der Waals surface area contributed by atoms with E-state index in [0.29, 0.717) is 30.8 Å². The molecule has 0 aromatic carbocycles. The standard InChI is InChI=1S/C14H26N2O2/c1-14(2,5-6-17)16-13(18)9-10-7-11-3-4-12(8-10)15-11/h10-12,15,17H,3-9H2,1-2H3,(H,16,18). The molecule has 4 nitrogen and oxygen atoms in total. The van der Waals surface area contributed by atoms with Gasteiger partial charge in [-0.25, -0.2) is 0 Å². The van der Waals surface area contributed by atoms with E-state index < -0.39 is 0 Å². The number of fused-ring (bicyclic) bond motifs is 2. The first kappa shape index (κ1) is 13.8. The second-order valence-corrected chi connectivity index (χ2v) is 6.59. The maximum Gasteiger partial charge on any atom is 0.220 e. The Morgan fingerprint density at radius 2 is 1.94 bits per heavy atom. The van der Waals surface area contributed by atoms with Gasteiger partial charge < -0.3 is 15.7 Å². The molecular weight excluding hydrogens is 228 g/mol. The molecule has 2 heterocycles. The number of rotatable bonds is 5. The van der Waals surface area contributed by atoms with Crippen molar-refractivity contribution in [2.75, 3.05) is 6.61 Å². The van der Waals surface area contributed by atoms with Crippen molar-refractivity contribution >= 4 is 5.91 Å². The summed E-state index contributed by atoms with van der Waals surface area (Å²) in [5.74, 6) is 0.674. The van der Waals surface area contributed by atoms with Crippen molar-refractivity contribution < 1.29 is 9.90 Å². The number of carbonyl (C=O) groups excluding carboxylic acids is 1. The van der Waals surface area contributed by atoms with Crippen LogP contribution in [0.4, 0.5) is 0 Å². The molecule has 2 fully saturated rings. The maximum absolute atomic E-state index is 12.0. The molecular formula is C14H26N2O2. The summed E-state index contributed by atoms with van der Waals surface area (Å²) in [7, 11) is 0. The van der Waals surface area contributed by atoms with E-state index in [1.54, 1.807) is 0 Å². The number of amides is 1. The second-order valence-electron chi connectivity index (χ2n) is 6.59. The highest BCUT2D eigenvalue weighted by Crippen LogP contribution is 2.32. The van der Waals surface area contributed by atoms with E-state index in [2.05, 4.69) is 10.6 Å². The molecule has 2 aliphatic rings. The van der Waals surface area contributed by atoms with Crippen LogP contribution in [0.15, 0.2) is 0 Å². The van der Waals surface area contributed by atoms with Gasteiger partial charge in [0.05, 0.1) is 0 Å². The van der Waals surface area contributed by atoms with Gasteiger partial charge in [-0.05, 0) is 51.9 Å². The molecule has 3 N–H and O–H groups in total. The van der Waals surface area contributed by atoms with Crippen molar-refractivity contribution in [3.63, 3.8) is 0 Å². The molecule has 2 saturated heterocycles. The Bertz CT molecular complexity index is 292. The van der Waals surface area contributed by atoms with Crippen LogP contribution < -0.4 is 10.6 Å². The Morgan fingerprint density at radius 1 is 1.33 bits per heavy atom. The topological polar surface area (TPSA) is 61.4 Å². The van der Waals surface area contributed by atoms with Gasteiger partial charge in [0.15, 0.2) is 0 Å². The third-order valence-corrected chi connectivity index (χ3v) is 4.26.